The van der Waals surface area contributed by atoms with Gasteiger partial charge in [-0.2, -0.15) is 5.26 Å². The summed E-state index contributed by atoms with van der Waals surface area (Å²) in [5, 5.41) is 18.0. The molecule has 1 heterocycles. The van der Waals surface area contributed by atoms with Gasteiger partial charge >= 0.3 is 5.97 Å². The summed E-state index contributed by atoms with van der Waals surface area (Å²) in [4.78, 5) is 51.6. The van der Waals surface area contributed by atoms with Gasteiger partial charge in [0.1, 0.15) is 5.75 Å². The number of benzene rings is 4. The summed E-state index contributed by atoms with van der Waals surface area (Å²) >= 11 is 0. The van der Waals surface area contributed by atoms with Gasteiger partial charge in [-0.3, -0.25) is 14.4 Å². The molecule has 0 saturated heterocycles. The van der Waals surface area contributed by atoms with Crippen molar-refractivity contribution in [3.05, 3.63) is 124 Å². The maximum Gasteiger partial charge on any atom is 0.335 e. The van der Waals surface area contributed by atoms with Crippen molar-refractivity contribution in [1.82, 2.24) is 0 Å². The van der Waals surface area contributed by atoms with E-state index in [9.17, 15) is 19.2 Å². The molecule has 0 bridgehead atoms. The molecule has 37 heavy (non-hydrogen) atoms. The second-order valence-electron chi connectivity index (χ2n) is 8.12. The highest BCUT2D eigenvalue weighted by Crippen LogP contribution is 2.37. The quantitative estimate of drug-likeness (QED) is 0.296. The molecule has 1 aliphatic heterocycles. The number of rotatable bonds is 6. The van der Waals surface area contributed by atoms with E-state index in [-0.39, 0.29) is 39.3 Å². The number of carbonyl (C=O) groups excluding carboxylic acids is 3. The number of ether oxygens (including phenoxy) is 1. The molecular weight excluding hydrogens is 472 g/mol. The third kappa shape index (κ3) is 4.22. The van der Waals surface area contributed by atoms with Crippen LogP contribution >= 0.6 is 0 Å². The molecular formula is C29H16N2O6. The Morgan fingerprint density at radius 3 is 2.05 bits per heavy atom. The van der Waals surface area contributed by atoms with Crippen LogP contribution in [0, 0.1) is 11.3 Å². The SMILES string of the molecule is N#Cc1ccc(Oc2ccccc2N2C(=O)c3ccc(C(=O)c4ccc(C(=O)O)cc4)cc3C2=O)cc1. The highest BCUT2D eigenvalue weighted by Gasteiger charge is 2.38. The third-order valence-corrected chi connectivity index (χ3v) is 5.86. The number of carboxylic acids is 1. The number of carbonyl (C=O) groups is 4. The van der Waals surface area contributed by atoms with Crippen LogP contribution in [0.5, 0.6) is 11.5 Å². The lowest BCUT2D eigenvalue weighted by Crippen LogP contribution is -2.29. The number of fused-ring (bicyclic) bond motifs is 1. The molecule has 0 aliphatic carbocycles. The number of aromatic carboxylic acids is 1. The summed E-state index contributed by atoms with van der Waals surface area (Å²) in [6.07, 6.45) is 0. The van der Waals surface area contributed by atoms with Crippen LogP contribution in [0.15, 0.2) is 91.0 Å². The molecule has 0 radical (unpaired) electrons. The van der Waals surface area contributed by atoms with Crippen LogP contribution in [0.25, 0.3) is 0 Å². The van der Waals surface area contributed by atoms with Gasteiger partial charge in [0.25, 0.3) is 11.8 Å². The van der Waals surface area contributed by atoms with Crippen molar-refractivity contribution in [3.8, 4) is 17.6 Å². The molecule has 2 amide bonds. The molecule has 4 aromatic rings. The van der Waals surface area contributed by atoms with Gasteiger partial charge < -0.3 is 9.84 Å². The van der Waals surface area contributed by atoms with Crippen LogP contribution in [0.3, 0.4) is 0 Å². The Balaban J connectivity index is 1.45. The van der Waals surface area contributed by atoms with E-state index in [1.54, 1.807) is 48.5 Å². The normalized spacial score (nSPS) is 12.1. The highest BCUT2D eigenvalue weighted by atomic mass is 16.5. The van der Waals surface area contributed by atoms with Crippen LogP contribution in [0.2, 0.25) is 0 Å². The number of imide groups is 1. The predicted octanol–water partition coefficient (Wildman–Crippen LogP) is 5.08. The number of anilines is 1. The van der Waals surface area contributed by atoms with E-state index >= 15 is 0 Å². The van der Waals surface area contributed by atoms with Crippen molar-refractivity contribution < 1.29 is 29.0 Å². The zero-order valence-corrected chi connectivity index (χ0v) is 19.0. The minimum absolute atomic E-state index is 0.0452. The Kier molecular flexibility index (Phi) is 5.80. The molecule has 0 unspecified atom stereocenters. The first-order chi connectivity index (χ1) is 17.9. The molecule has 1 aliphatic rings. The largest absolute Gasteiger partial charge is 0.478 e. The Hall–Kier alpha value is -5.55. The lowest BCUT2D eigenvalue weighted by molar-refractivity contribution is 0.0695. The van der Waals surface area contributed by atoms with E-state index in [0.29, 0.717) is 11.3 Å². The molecule has 0 saturated carbocycles. The zero-order valence-electron chi connectivity index (χ0n) is 19.0. The molecule has 0 fully saturated rings. The molecule has 8 heteroatoms. The van der Waals surface area contributed by atoms with Gasteiger partial charge in [-0.25, -0.2) is 9.69 Å². The fraction of sp³-hybridized carbons (Fsp3) is 0. The average Bonchev–Trinajstić information content (AvgIpc) is 3.18. The summed E-state index contributed by atoms with van der Waals surface area (Å²) in [6.45, 7) is 0. The minimum atomic E-state index is -1.11. The van der Waals surface area contributed by atoms with E-state index in [2.05, 4.69) is 0 Å². The van der Waals surface area contributed by atoms with Crippen LogP contribution in [0.1, 0.15) is 52.6 Å². The molecule has 178 valence electrons. The Bertz CT molecular complexity index is 1630. The summed E-state index contributed by atoms with van der Waals surface area (Å²) in [5.74, 6) is -2.00. The van der Waals surface area contributed by atoms with E-state index in [1.165, 1.54) is 42.5 Å². The van der Waals surface area contributed by atoms with Crippen molar-refractivity contribution in [2.24, 2.45) is 0 Å². The van der Waals surface area contributed by atoms with Gasteiger partial charge in [-0.05, 0) is 60.7 Å². The second-order valence-corrected chi connectivity index (χ2v) is 8.12. The first-order valence-corrected chi connectivity index (χ1v) is 11.1. The Labute approximate surface area is 210 Å². The number of para-hydroxylation sites is 2. The van der Waals surface area contributed by atoms with E-state index in [0.717, 1.165) is 4.90 Å². The zero-order chi connectivity index (χ0) is 26.1. The number of carboxylic acid groups (broad SMARTS) is 1. The number of amides is 2. The molecule has 4 aromatic carbocycles. The van der Waals surface area contributed by atoms with E-state index in [4.69, 9.17) is 15.1 Å². The van der Waals surface area contributed by atoms with Gasteiger partial charge in [-0.15, -0.1) is 0 Å². The number of hydrogen-bond donors (Lipinski definition) is 1. The van der Waals surface area contributed by atoms with Crippen molar-refractivity contribution in [2.45, 2.75) is 0 Å². The first kappa shape index (κ1) is 23.2. The summed E-state index contributed by atoms with van der Waals surface area (Å²) in [7, 11) is 0. The summed E-state index contributed by atoms with van der Waals surface area (Å²) in [5.41, 5.74) is 1.40. The monoisotopic (exact) mass is 488 g/mol. The second kappa shape index (κ2) is 9.24. The molecule has 1 N–H and O–H groups in total. The molecule has 8 nitrogen and oxygen atoms in total. The van der Waals surface area contributed by atoms with Crippen LogP contribution in [-0.4, -0.2) is 28.7 Å². The fourth-order valence-electron chi connectivity index (χ4n) is 3.98. The molecule has 0 atom stereocenters. The standard InChI is InChI=1S/C29H16N2O6/c30-16-17-5-12-21(13-6-17)37-25-4-2-1-3-24(25)31-27(33)22-14-11-20(15-23(22)28(31)34)26(32)18-7-9-19(10-8-18)29(35)36/h1-15H,(H,35,36). The third-order valence-electron chi connectivity index (χ3n) is 5.86. The van der Waals surface area contributed by atoms with Crippen LogP contribution in [0.4, 0.5) is 5.69 Å². The van der Waals surface area contributed by atoms with E-state index < -0.39 is 23.6 Å². The highest BCUT2D eigenvalue weighted by molar-refractivity contribution is 6.35. The smallest absolute Gasteiger partial charge is 0.335 e. The predicted molar refractivity (Wildman–Crippen MR) is 132 cm³/mol. The molecule has 5 rings (SSSR count). The Morgan fingerprint density at radius 2 is 1.38 bits per heavy atom. The van der Waals surface area contributed by atoms with Gasteiger partial charge in [0.2, 0.25) is 0 Å². The van der Waals surface area contributed by atoms with Crippen molar-refractivity contribution >= 4 is 29.3 Å². The van der Waals surface area contributed by atoms with Gasteiger partial charge in [0.05, 0.1) is 34.0 Å². The maximum atomic E-state index is 13.4. The Morgan fingerprint density at radius 1 is 0.757 bits per heavy atom. The number of nitriles is 1. The fourth-order valence-corrected chi connectivity index (χ4v) is 3.98. The van der Waals surface area contributed by atoms with Crippen LogP contribution in [-0.2, 0) is 0 Å². The van der Waals surface area contributed by atoms with Crippen molar-refractivity contribution in [2.75, 3.05) is 4.90 Å². The molecule has 0 aromatic heterocycles. The van der Waals surface area contributed by atoms with E-state index in [1.807, 2.05) is 6.07 Å². The van der Waals surface area contributed by atoms with Gasteiger partial charge in [0.15, 0.2) is 11.5 Å². The first-order valence-electron chi connectivity index (χ1n) is 11.1. The lowest BCUT2D eigenvalue weighted by Gasteiger charge is -2.18. The van der Waals surface area contributed by atoms with Gasteiger partial charge in [0, 0.05) is 11.1 Å². The van der Waals surface area contributed by atoms with Crippen molar-refractivity contribution in [1.29, 1.82) is 5.26 Å². The summed E-state index contributed by atoms with van der Waals surface area (Å²) < 4.78 is 5.91. The number of hydrogen-bond acceptors (Lipinski definition) is 6. The van der Waals surface area contributed by atoms with Crippen molar-refractivity contribution in [3.63, 3.8) is 0 Å². The summed E-state index contributed by atoms with van der Waals surface area (Å²) in [6, 6.07) is 24.7. The topological polar surface area (TPSA) is 125 Å². The average molecular weight is 488 g/mol. The lowest BCUT2D eigenvalue weighted by atomic mass is 9.98. The minimum Gasteiger partial charge on any atom is -0.478 e. The van der Waals surface area contributed by atoms with Gasteiger partial charge in [-0.1, -0.05) is 30.3 Å². The molecule has 0 spiro atoms. The number of ketones is 1. The van der Waals surface area contributed by atoms with Crippen LogP contribution < -0.4 is 9.64 Å². The number of nitrogens with zero attached hydrogens (tertiary/aromatic N) is 2. The maximum absolute atomic E-state index is 13.4.